The van der Waals surface area contributed by atoms with Gasteiger partial charge in [0.15, 0.2) is 5.75 Å². The number of hydrogen-bond acceptors (Lipinski definition) is 5. The number of hydrogen-bond donors (Lipinski definition) is 0. The Morgan fingerprint density at radius 3 is 2.38 bits per heavy atom. The number of carbonyl (C=O) groups is 1. The van der Waals surface area contributed by atoms with Gasteiger partial charge in [-0.1, -0.05) is 60.2 Å². The molecule has 0 saturated heterocycles. The molecule has 0 aliphatic rings. The Hall–Kier alpha value is -5.03. The van der Waals surface area contributed by atoms with Crippen LogP contribution in [0.5, 0.6) is 11.5 Å². The Kier molecular flexibility index (Phi) is 6.71. The van der Waals surface area contributed by atoms with Crippen LogP contribution in [0.15, 0.2) is 103 Å². The number of fused-ring (bicyclic) bond motifs is 2. The normalized spacial score (nSPS) is 11.1. The molecule has 2 heterocycles. The van der Waals surface area contributed by atoms with Gasteiger partial charge in [0.2, 0.25) is 0 Å². The summed E-state index contributed by atoms with van der Waals surface area (Å²) in [5.74, 6) is 0.761. The summed E-state index contributed by atoms with van der Waals surface area (Å²) in [6, 6.07) is 31.4. The Balaban J connectivity index is 1.40. The molecule has 0 atom stereocenters. The molecule has 5 heteroatoms. The molecule has 0 radical (unpaired) electrons. The summed E-state index contributed by atoms with van der Waals surface area (Å²) in [5.41, 5.74) is 7.47. The molecule has 5 nitrogen and oxygen atoms in total. The summed E-state index contributed by atoms with van der Waals surface area (Å²) < 4.78 is 12.0. The van der Waals surface area contributed by atoms with Crippen molar-refractivity contribution in [2.24, 2.45) is 0 Å². The van der Waals surface area contributed by atoms with Crippen molar-refractivity contribution >= 4 is 27.8 Å². The van der Waals surface area contributed by atoms with Crippen molar-refractivity contribution in [3.63, 3.8) is 0 Å². The smallest absolute Gasteiger partial charge is 0.344 e. The first kappa shape index (κ1) is 25.3. The van der Waals surface area contributed by atoms with Crippen molar-refractivity contribution in [3.8, 4) is 22.8 Å². The van der Waals surface area contributed by atoms with E-state index in [1.165, 1.54) is 0 Å². The Morgan fingerprint density at radius 2 is 1.57 bits per heavy atom. The molecule has 0 amide bonds. The molecule has 0 saturated carbocycles. The first-order valence-electron chi connectivity index (χ1n) is 13.2. The number of ether oxygens (including phenoxy) is 2. The van der Waals surface area contributed by atoms with E-state index >= 15 is 0 Å². The monoisotopic (exact) mass is 524 g/mol. The third kappa shape index (κ3) is 4.90. The van der Waals surface area contributed by atoms with Crippen molar-refractivity contribution in [1.29, 1.82) is 0 Å². The van der Waals surface area contributed by atoms with E-state index in [1.807, 2.05) is 106 Å². The van der Waals surface area contributed by atoms with Gasteiger partial charge in [0.25, 0.3) is 0 Å². The van der Waals surface area contributed by atoms with Crippen LogP contribution < -0.4 is 9.47 Å². The summed E-state index contributed by atoms with van der Waals surface area (Å²) in [5, 5.41) is 1.69. The minimum atomic E-state index is -0.433. The summed E-state index contributed by atoms with van der Waals surface area (Å²) >= 11 is 0. The number of pyridine rings is 2. The molecule has 6 rings (SSSR count). The number of rotatable bonds is 6. The maximum Gasteiger partial charge on any atom is 0.344 e. The van der Waals surface area contributed by atoms with Gasteiger partial charge in [0, 0.05) is 22.5 Å². The zero-order valence-corrected chi connectivity index (χ0v) is 22.6. The topological polar surface area (TPSA) is 61.3 Å². The van der Waals surface area contributed by atoms with Crippen molar-refractivity contribution in [2.45, 2.75) is 27.4 Å². The number of para-hydroxylation sites is 1. The molecule has 2 aromatic heterocycles. The van der Waals surface area contributed by atoms with Gasteiger partial charge in [-0.15, -0.1) is 0 Å². The van der Waals surface area contributed by atoms with Crippen LogP contribution in [0.25, 0.3) is 33.1 Å². The van der Waals surface area contributed by atoms with Crippen LogP contribution in [0.3, 0.4) is 0 Å². The zero-order valence-electron chi connectivity index (χ0n) is 22.6. The molecule has 40 heavy (non-hydrogen) atoms. The van der Waals surface area contributed by atoms with Crippen molar-refractivity contribution in [1.82, 2.24) is 9.97 Å². The molecule has 0 aliphatic heterocycles. The van der Waals surface area contributed by atoms with Gasteiger partial charge in [0.1, 0.15) is 17.9 Å². The predicted octanol–water partition coefficient (Wildman–Crippen LogP) is 8.17. The van der Waals surface area contributed by atoms with E-state index in [4.69, 9.17) is 14.5 Å². The maximum atomic E-state index is 13.9. The summed E-state index contributed by atoms with van der Waals surface area (Å²) in [6.45, 7) is 6.46. The Labute approximate surface area is 233 Å². The minimum absolute atomic E-state index is 0.429. The van der Waals surface area contributed by atoms with E-state index in [0.29, 0.717) is 23.4 Å². The highest BCUT2D eigenvalue weighted by molar-refractivity contribution is 6.08. The highest BCUT2D eigenvalue weighted by atomic mass is 16.5. The van der Waals surface area contributed by atoms with Gasteiger partial charge in [-0.05, 0) is 79.9 Å². The SMILES string of the molecule is Cc1cc(C)c2nc(-c3ccc(OCc4ccccc4)cc3)c(C)c(C(=O)Oc3cccc4cccnc34)c2c1. The molecular weight excluding hydrogens is 496 g/mol. The van der Waals surface area contributed by atoms with Gasteiger partial charge in [0.05, 0.1) is 16.8 Å². The molecular formula is C35H28N2O3. The number of benzene rings is 4. The average molecular weight is 525 g/mol. The van der Waals surface area contributed by atoms with Crippen LogP contribution in [0, 0.1) is 20.8 Å². The third-order valence-corrected chi connectivity index (χ3v) is 7.05. The summed E-state index contributed by atoms with van der Waals surface area (Å²) in [7, 11) is 0. The summed E-state index contributed by atoms with van der Waals surface area (Å²) in [6.07, 6.45) is 1.70. The van der Waals surface area contributed by atoms with E-state index in [1.54, 1.807) is 12.3 Å². The fourth-order valence-electron chi connectivity index (χ4n) is 5.12. The lowest BCUT2D eigenvalue weighted by atomic mass is 9.95. The first-order valence-corrected chi connectivity index (χ1v) is 13.2. The van der Waals surface area contributed by atoms with Gasteiger partial charge >= 0.3 is 5.97 Å². The fourth-order valence-corrected chi connectivity index (χ4v) is 5.12. The van der Waals surface area contributed by atoms with Crippen LogP contribution in [-0.2, 0) is 6.61 Å². The van der Waals surface area contributed by atoms with E-state index in [0.717, 1.165) is 55.5 Å². The van der Waals surface area contributed by atoms with Crippen molar-refractivity contribution < 1.29 is 14.3 Å². The first-order chi connectivity index (χ1) is 19.5. The van der Waals surface area contributed by atoms with Gasteiger partial charge in [-0.25, -0.2) is 9.78 Å². The molecule has 196 valence electrons. The maximum absolute atomic E-state index is 13.9. The highest BCUT2D eigenvalue weighted by Crippen LogP contribution is 2.34. The molecule has 0 N–H and O–H groups in total. The van der Waals surface area contributed by atoms with Crippen LogP contribution in [0.1, 0.15) is 32.6 Å². The van der Waals surface area contributed by atoms with Gasteiger partial charge in [-0.3, -0.25) is 4.98 Å². The van der Waals surface area contributed by atoms with Crippen LogP contribution in [-0.4, -0.2) is 15.9 Å². The van der Waals surface area contributed by atoms with Crippen LogP contribution in [0.4, 0.5) is 0 Å². The second-order valence-electron chi connectivity index (χ2n) is 9.96. The largest absolute Gasteiger partial charge is 0.489 e. The highest BCUT2D eigenvalue weighted by Gasteiger charge is 2.23. The van der Waals surface area contributed by atoms with Gasteiger partial charge in [-0.2, -0.15) is 0 Å². The molecule has 0 fully saturated rings. The lowest BCUT2D eigenvalue weighted by Gasteiger charge is -2.16. The summed E-state index contributed by atoms with van der Waals surface area (Å²) in [4.78, 5) is 23.4. The van der Waals surface area contributed by atoms with Crippen LogP contribution in [0.2, 0.25) is 0 Å². The molecule has 4 aromatic carbocycles. The zero-order chi connectivity index (χ0) is 27.6. The van der Waals surface area contributed by atoms with E-state index < -0.39 is 5.97 Å². The molecule has 0 unspecified atom stereocenters. The predicted molar refractivity (Wildman–Crippen MR) is 159 cm³/mol. The van der Waals surface area contributed by atoms with Crippen molar-refractivity contribution in [3.05, 3.63) is 131 Å². The second-order valence-corrected chi connectivity index (χ2v) is 9.96. The van der Waals surface area contributed by atoms with Gasteiger partial charge < -0.3 is 9.47 Å². The minimum Gasteiger partial charge on any atom is -0.489 e. The Bertz CT molecular complexity index is 1860. The van der Waals surface area contributed by atoms with E-state index in [9.17, 15) is 4.79 Å². The number of aryl methyl sites for hydroxylation is 2. The molecule has 0 spiro atoms. The quantitative estimate of drug-likeness (QED) is 0.162. The van der Waals surface area contributed by atoms with E-state index in [2.05, 4.69) is 11.1 Å². The number of nitrogens with zero attached hydrogens (tertiary/aromatic N) is 2. The average Bonchev–Trinajstić information content (AvgIpc) is 2.97. The fraction of sp³-hybridized carbons (Fsp3) is 0.114. The van der Waals surface area contributed by atoms with Crippen molar-refractivity contribution in [2.75, 3.05) is 0 Å². The molecule has 0 aliphatic carbocycles. The lowest BCUT2D eigenvalue weighted by molar-refractivity contribution is 0.0738. The molecule has 0 bridgehead atoms. The number of aromatic nitrogens is 2. The van der Waals surface area contributed by atoms with Crippen LogP contribution >= 0.6 is 0 Å². The number of carbonyl (C=O) groups excluding carboxylic acids is 1. The molecule has 6 aromatic rings. The van der Waals surface area contributed by atoms with E-state index in [-0.39, 0.29) is 0 Å². The standard InChI is InChI=1S/C35H28N2O3/c1-22-19-23(2)32-29(20-22)31(35(38)40-30-13-7-11-26-12-8-18-36-34(26)30)24(3)33(37-32)27-14-16-28(17-15-27)39-21-25-9-5-4-6-10-25/h4-20H,21H2,1-3H3. The Morgan fingerprint density at radius 1 is 0.800 bits per heavy atom. The second kappa shape index (κ2) is 10.6. The third-order valence-electron chi connectivity index (χ3n) is 7.05. The number of esters is 1. The lowest BCUT2D eigenvalue weighted by Crippen LogP contribution is -2.13.